The SMILES string of the molecule is O=C(COc1cccc2cccnc12)NCC(CN1CCc2ccccc2C1)N1CCCC1. The van der Waals surface area contributed by atoms with Gasteiger partial charge in [-0.25, -0.2) is 0 Å². The number of pyridine rings is 1. The van der Waals surface area contributed by atoms with E-state index in [-0.39, 0.29) is 12.5 Å². The zero-order valence-corrected chi connectivity index (χ0v) is 19.1. The Morgan fingerprint density at radius 2 is 1.82 bits per heavy atom. The molecule has 2 aliphatic rings. The van der Waals surface area contributed by atoms with Crippen molar-refractivity contribution in [2.45, 2.75) is 31.8 Å². The number of carbonyl (C=O) groups excluding carboxylic acids is 1. The number of carbonyl (C=O) groups is 1. The van der Waals surface area contributed by atoms with E-state index in [1.165, 1.54) is 24.0 Å². The third-order valence-electron chi connectivity index (χ3n) is 6.83. The Morgan fingerprint density at radius 1 is 1.00 bits per heavy atom. The van der Waals surface area contributed by atoms with Crippen molar-refractivity contribution in [2.75, 3.05) is 39.3 Å². The minimum atomic E-state index is -0.0869. The number of aromatic nitrogens is 1. The van der Waals surface area contributed by atoms with Crippen molar-refractivity contribution in [2.24, 2.45) is 0 Å². The maximum atomic E-state index is 12.6. The van der Waals surface area contributed by atoms with Gasteiger partial charge in [0.15, 0.2) is 6.61 Å². The molecule has 0 aliphatic carbocycles. The van der Waals surface area contributed by atoms with Crippen LogP contribution in [0.15, 0.2) is 60.8 Å². The Hall–Kier alpha value is -2.96. The molecule has 0 spiro atoms. The number of rotatable bonds is 8. The van der Waals surface area contributed by atoms with Crippen molar-refractivity contribution < 1.29 is 9.53 Å². The summed E-state index contributed by atoms with van der Waals surface area (Å²) in [5, 5.41) is 4.14. The molecule has 3 aromatic rings. The first-order chi connectivity index (χ1) is 16.3. The van der Waals surface area contributed by atoms with Gasteiger partial charge in [-0.05, 0) is 55.6 Å². The maximum Gasteiger partial charge on any atom is 0.257 e. The lowest BCUT2D eigenvalue weighted by Crippen LogP contribution is -2.50. The third kappa shape index (κ3) is 5.34. The fourth-order valence-corrected chi connectivity index (χ4v) is 5.04. The van der Waals surface area contributed by atoms with Crippen LogP contribution in [-0.2, 0) is 17.8 Å². The van der Waals surface area contributed by atoms with Crippen LogP contribution >= 0.6 is 0 Å². The summed E-state index contributed by atoms with van der Waals surface area (Å²) >= 11 is 0. The molecule has 3 heterocycles. The van der Waals surface area contributed by atoms with Crippen LogP contribution in [0.5, 0.6) is 5.75 Å². The van der Waals surface area contributed by atoms with E-state index in [0.717, 1.165) is 50.0 Å². The van der Waals surface area contributed by atoms with Gasteiger partial charge in [0.25, 0.3) is 5.91 Å². The molecule has 33 heavy (non-hydrogen) atoms. The summed E-state index contributed by atoms with van der Waals surface area (Å²) in [5.74, 6) is 0.558. The Balaban J connectivity index is 1.17. The van der Waals surface area contributed by atoms with Gasteiger partial charge >= 0.3 is 0 Å². The largest absolute Gasteiger partial charge is 0.481 e. The van der Waals surface area contributed by atoms with Gasteiger partial charge in [0.05, 0.1) is 0 Å². The first-order valence-corrected chi connectivity index (χ1v) is 12.0. The van der Waals surface area contributed by atoms with Gasteiger partial charge in [-0.15, -0.1) is 0 Å². The molecule has 0 saturated carbocycles. The second-order valence-corrected chi connectivity index (χ2v) is 9.07. The summed E-state index contributed by atoms with van der Waals surface area (Å²) < 4.78 is 5.83. The molecule has 172 valence electrons. The van der Waals surface area contributed by atoms with E-state index in [1.807, 2.05) is 30.3 Å². The van der Waals surface area contributed by atoms with E-state index in [1.54, 1.807) is 6.20 Å². The zero-order valence-electron chi connectivity index (χ0n) is 19.1. The van der Waals surface area contributed by atoms with Crippen molar-refractivity contribution in [3.8, 4) is 5.75 Å². The van der Waals surface area contributed by atoms with Crippen LogP contribution < -0.4 is 10.1 Å². The average molecular weight is 445 g/mol. The lowest BCUT2D eigenvalue weighted by Gasteiger charge is -2.35. The lowest BCUT2D eigenvalue weighted by atomic mass is 9.99. The molecule has 6 heteroatoms. The molecule has 1 saturated heterocycles. The predicted octanol–water partition coefficient (Wildman–Crippen LogP) is 3.25. The highest BCUT2D eigenvalue weighted by Gasteiger charge is 2.26. The highest BCUT2D eigenvalue weighted by Crippen LogP contribution is 2.23. The number of benzene rings is 2. The molecule has 5 rings (SSSR count). The minimum absolute atomic E-state index is 0.000499. The second kappa shape index (κ2) is 10.3. The van der Waals surface area contributed by atoms with E-state index in [0.29, 0.717) is 18.3 Å². The van der Waals surface area contributed by atoms with Crippen LogP contribution in [0, 0.1) is 0 Å². The number of hydrogen-bond acceptors (Lipinski definition) is 5. The quantitative estimate of drug-likeness (QED) is 0.578. The number of nitrogens with one attached hydrogen (secondary N) is 1. The number of amides is 1. The molecule has 0 radical (unpaired) electrons. The molecule has 6 nitrogen and oxygen atoms in total. The topological polar surface area (TPSA) is 57.7 Å². The van der Waals surface area contributed by atoms with Crippen molar-refractivity contribution >= 4 is 16.8 Å². The zero-order chi connectivity index (χ0) is 22.5. The molecule has 1 aromatic heterocycles. The Labute approximate surface area is 195 Å². The molecule has 1 amide bonds. The summed E-state index contributed by atoms with van der Waals surface area (Å²) in [6.45, 7) is 5.92. The highest BCUT2D eigenvalue weighted by molar-refractivity contribution is 5.85. The van der Waals surface area contributed by atoms with Gasteiger partial charge < -0.3 is 10.1 Å². The molecule has 0 bridgehead atoms. The Bertz CT molecular complexity index is 1090. The van der Waals surface area contributed by atoms with Crippen molar-refractivity contribution in [1.29, 1.82) is 0 Å². The number of fused-ring (bicyclic) bond motifs is 2. The third-order valence-corrected chi connectivity index (χ3v) is 6.83. The van der Waals surface area contributed by atoms with Crippen LogP contribution in [0.25, 0.3) is 10.9 Å². The molecule has 1 fully saturated rings. The highest BCUT2D eigenvalue weighted by atomic mass is 16.5. The number of likely N-dealkylation sites (tertiary alicyclic amines) is 1. The van der Waals surface area contributed by atoms with Gasteiger partial charge in [-0.3, -0.25) is 19.6 Å². The van der Waals surface area contributed by atoms with Crippen molar-refractivity contribution in [3.63, 3.8) is 0 Å². The van der Waals surface area contributed by atoms with Gasteiger partial charge in [0, 0.05) is 43.8 Å². The fraction of sp³-hybridized carbons (Fsp3) is 0.407. The standard InChI is InChI=1S/C27H32N4O2/c32-26(20-33-25-11-5-9-22-10-6-13-28-27(22)25)29-17-24(31-14-3-4-15-31)19-30-16-12-21-7-1-2-8-23(21)18-30/h1-2,5-11,13,24H,3-4,12,14-20H2,(H,29,32). The number of nitrogens with zero attached hydrogens (tertiary/aromatic N) is 3. The Kier molecular flexibility index (Phi) is 6.84. The first kappa shape index (κ1) is 21.9. The van der Waals surface area contributed by atoms with Crippen LogP contribution in [0.1, 0.15) is 24.0 Å². The van der Waals surface area contributed by atoms with Crippen LogP contribution in [0.2, 0.25) is 0 Å². The van der Waals surface area contributed by atoms with Crippen molar-refractivity contribution in [1.82, 2.24) is 20.1 Å². The van der Waals surface area contributed by atoms with Gasteiger partial charge in [0.2, 0.25) is 0 Å². The van der Waals surface area contributed by atoms with Gasteiger partial charge in [-0.1, -0.05) is 42.5 Å². The van der Waals surface area contributed by atoms with Crippen LogP contribution in [0.4, 0.5) is 0 Å². The summed E-state index contributed by atoms with van der Waals surface area (Å²) in [4.78, 5) is 22.1. The second-order valence-electron chi connectivity index (χ2n) is 9.07. The minimum Gasteiger partial charge on any atom is -0.481 e. The molecule has 2 aromatic carbocycles. The number of para-hydroxylation sites is 1. The van der Waals surface area contributed by atoms with Crippen LogP contribution in [0.3, 0.4) is 0 Å². The Morgan fingerprint density at radius 3 is 2.70 bits per heavy atom. The van der Waals surface area contributed by atoms with E-state index >= 15 is 0 Å². The average Bonchev–Trinajstić information content (AvgIpc) is 3.40. The summed E-state index contributed by atoms with van der Waals surface area (Å²) in [6.07, 6.45) is 5.33. The summed E-state index contributed by atoms with van der Waals surface area (Å²) in [5.41, 5.74) is 3.69. The van der Waals surface area contributed by atoms with Crippen molar-refractivity contribution in [3.05, 3.63) is 71.9 Å². The normalized spacial score (nSPS) is 17.6. The molecular formula is C27H32N4O2. The molecule has 1 unspecified atom stereocenters. The van der Waals surface area contributed by atoms with E-state index < -0.39 is 0 Å². The lowest BCUT2D eigenvalue weighted by molar-refractivity contribution is -0.123. The first-order valence-electron chi connectivity index (χ1n) is 12.0. The van der Waals surface area contributed by atoms with E-state index in [9.17, 15) is 4.79 Å². The van der Waals surface area contributed by atoms with Crippen LogP contribution in [-0.4, -0.2) is 66.1 Å². The molecule has 1 atom stereocenters. The number of ether oxygens (including phenoxy) is 1. The van der Waals surface area contributed by atoms with E-state index in [2.05, 4.69) is 44.4 Å². The summed E-state index contributed by atoms with van der Waals surface area (Å²) in [6, 6.07) is 18.8. The monoisotopic (exact) mass is 444 g/mol. The molecular weight excluding hydrogens is 412 g/mol. The van der Waals surface area contributed by atoms with Gasteiger partial charge in [0.1, 0.15) is 11.3 Å². The molecule has 2 aliphatic heterocycles. The number of hydrogen-bond donors (Lipinski definition) is 1. The fourth-order valence-electron chi connectivity index (χ4n) is 5.04. The van der Waals surface area contributed by atoms with Gasteiger partial charge in [-0.2, -0.15) is 0 Å². The smallest absolute Gasteiger partial charge is 0.257 e. The predicted molar refractivity (Wildman–Crippen MR) is 130 cm³/mol. The molecule has 1 N–H and O–H groups in total. The van der Waals surface area contributed by atoms with E-state index in [4.69, 9.17) is 4.74 Å². The maximum absolute atomic E-state index is 12.6. The summed E-state index contributed by atoms with van der Waals surface area (Å²) in [7, 11) is 0.